The molecule has 0 aromatic heterocycles. The van der Waals surface area contributed by atoms with Gasteiger partial charge in [0.05, 0.1) is 5.75 Å². The smallest absolute Gasteiger partial charge is 0.303 e. The molecule has 0 amide bonds. The van der Waals surface area contributed by atoms with E-state index >= 15 is 0 Å². The predicted octanol–water partition coefficient (Wildman–Crippen LogP) is 1.06. The van der Waals surface area contributed by atoms with Crippen molar-refractivity contribution in [1.29, 1.82) is 0 Å². The summed E-state index contributed by atoms with van der Waals surface area (Å²) < 4.78 is 25.2. The molecule has 1 saturated heterocycles. The third kappa shape index (κ3) is 4.49. The van der Waals surface area contributed by atoms with Crippen LogP contribution in [0.2, 0.25) is 0 Å². The highest BCUT2D eigenvalue weighted by Crippen LogP contribution is 2.14. The second-order valence-corrected chi connectivity index (χ2v) is 6.22. The number of piperidine rings is 1. The van der Waals surface area contributed by atoms with Gasteiger partial charge in [0.15, 0.2) is 0 Å². The maximum absolute atomic E-state index is 11.8. The van der Waals surface area contributed by atoms with Gasteiger partial charge in [0.2, 0.25) is 10.0 Å². The first-order valence-electron chi connectivity index (χ1n) is 5.72. The van der Waals surface area contributed by atoms with Crippen molar-refractivity contribution in [1.82, 2.24) is 4.31 Å². The predicted molar refractivity (Wildman–Crippen MR) is 60.7 cm³/mol. The second kappa shape index (κ2) is 6.20. The van der Waals surface area contributed by atoms with Crippen LogP contribution in [0.25, 0.3) is 0 Å². The van der Waals surface area contributed by atoms with Crippen LogP contribution in [-0.4, -0.2) is 42.6 Å². The lowest BCUT2D eigenvalue weighted by atomic mass is 10.2. The van der Waals surface area contributed by atoms with Gasteiger partial charge in [0.25, 0.3) is 0 Å². The summed E-state index contributed by atoms with van der Waals surface area (Å²) in [5, 5.41) is 8.43. The highest BCUT2D eigenvalue weighted by molar-refractivity contribution is 7.89. The average Bonchev–Trinajstić information content (AvgIpc) is 2.26. The Kier molecular flexibility index (Phi) is 5.21. The van der Waals surface area contributed by atoms with Crippen LogP contribution in [0.4, 0.5) is 0 Å². The number of carboxylic acid groups (broad SMARTS) is 1. The molecule has 1 N–H and O–H groups in total. The number of sulfonamides is 1. The molecule has 0 spiro atoms. The molecule has 16 heavy (non-hydrogen) atoms. The van der Waals surface area contributed by atoms with Gasteiger partial charge in [-0.25, -0.2) is 12.7 Å². The van der Waals surface area contributed by atoms with Gasteiger partial charge in [0.1, 0.15) is 0 Å². The zero-order chi connectivity index (χ0) is 12.0. The molecule has 6 heteroatoms. The minimum Gasteiger partial charge on any atom is -0.481 e. The van der Waals surface area contributed by atoms with E-state index in [2.05, 4.69) is 0 Å². The molecule has 1 fully saturated rings. The van der Waals surface area contributed by atoms with E-state index in [0.29, 0.717) is 25.9 Å². The Balaban J connectivity index is 2.30. The number of carboxylic acids is 1. The molecule has 94 valence electrons. The third-order valence-corrected chi connectivity index (χ3v) is 4.71. The largest absolute Gasteiger partial charge is 0.481 e. The summed E-state index contributed by atoms with van der Waals surface area (Å²) in [6, 6.07) is 0. The van der Waals surface area contributed by atoms with E-state index in [4.69, 9.17) is 5.11 Å². The Morgan fingerprint density at radius 1 is 1.12 bits per heavy atom. The standard InChI is InChI=1S/C10H19NO4S/c12-10(13)6-2-5-9-16(14,15)11-7-3-1-4-8-11/h1-9H2,(H,12,13). The van der Waals surface area contributed by atoms with E-state index in [-0.39, 0.29) is 12.2 Å². The zero-order valence-corrected chi connectivity index (χ0v) is 10.2. The average molecular weight is 249 g/mol. The second-order valence-electron chi connectivity index (χ2n) is 4.13. The van der Waals surface area contributed by atoms with Gasteiger partial charge in [-0.2, -0.15) is 0 Å². The van der Waals surface area contributed by atoms with E-state index in [0.717, 1.165) is 19.3 Å². The molecule has 0 aromatic carbocycles. The summed E-state index contributed by atoms with van der Waals surface area (Å²) in [4.78, 5) is 10.3. The van der Waals surface area contributed by atoms with Gasteiger partial charge in [-0.3, -0.25) is 4.79 Å². The lowest BCUT2D eigenvalue weighted by molar-refractivity contribution is -0.137. The number of hydrogen-bond donors (Lipinski definition) is 1. The molecular weight excluding hydrogens is 230 g/mol. The Morgan fingerprint density at radius 3 is 2.31 bits per heavy atom. The summed E-state index contributed by atoms with van der Waals surface area (Å²) in [5.41, 5.74) is 0. The number of hydrogen-bond acceptors (Lipinski definition) is 3. The molecule has 0 aliphatic carbocycles. The fraction of sp³-hybridized carbons (Fsp3) is 0.900. The normalized spacial score (nSPS) is 18.5. The van der Waals surface area contributed by atoms with Crippen molar-refractivity contribution in [2.24, 2.45) is 0 Å². The van der Waals surface area contributed by atoms with Crippen LogP contribution >= 0.6 is 0 Å². The maximum atomic E-state index is 11.8. The number of carbonyl (C=O) groups is 1. The Bertz CT molecular complexity index is 320. The minimum absolute atomic E-state index is 0.0511. The molecule has 0 atom stereocenters. The number of rotatable bonds is 6. The Labute approximate surface area is 96.5 Å². The molecule has 0 radical (unpaired) electrons. The van der Waals surface area contributed by atoms with Crippen LogP contribution < -0.4 is 0 Å². The highest BCUT2D eigenvalue weighted by atomic mass is 32.2. The molecule has 0 bridgehead atoms. The van der Waals surface area contributed by atoms with E-state index in [1.165, 1.54) is 4.31 Å². The number of aliphatic carboxylic acids is 1. The first kappa shape index (κ1) is 13.4. The van der Waals surface area contributed by atoms with Crippen molar-refractivity contribution in [3.05, 3.63) is 0 Å². The van der Waals surface area contributed by atoms with Gasteiger partial charge < -0.3 is 5.11 Å². The first-order valence-corrected chi connectivity index (χ1v) is 7.33. The summed E-state index contributed by atoms with van der Waals surface area (Å²) >= 11 is 0. The molecule has 1 aliphatic rings. The van der Waals surface area contributed by atoms with Gasteiger partial charge in [-0.1, -0.05) is 6.42 Å². The van der Waals surface area contributed by atoms with Crippen LogP contribution in [0.15, 0.2) is 0 Å². The van der Waals surface area contributed by atoms with Crippen molar-refractivity contribution in [2.45, 2.75) is 38.5 Å². The van der Waals surface area contributed by atoms with Crippen molar-refractivity contribution < 1.29 is 18.3 Å². The van der Waals surface area contributed by atoms with Crippen molar-refractivity contribution in [3.8, 4) is 0 Å². The molecular formula is C10H19NO4S. The lowest BCUT2D eigenvalue weighted by Gasteiger charge is -2.25. The summed E-state index contributed by atoms with van der Waals surface area (Å²) in [5.74, 6) is -0.782. The monoisotopic (exact) mass is 249 g/mol. The summed E-state index contributed by atoms with van der Waals surface area (Å²) in [6.45, 7) is 1.25. The Hall–Kier alpha value is -0.620. The van der Waals surface area contributed by atoms with Gasteiger partial charge >= 0.3 is 5.97 Å². The highest BCUT2D eigenvalue weighted by Gasteiger charge is 2.23. The van der Waals surface area contributed by atoms with Gasteiger partial charge in [-0.05, 0) is 25.7 Å². The molecule has 0 saturated carbocycles. The van der Waals surface area contributed by atoms with Crippen LogP contribution in [0.3, 0.4) is 0 Å². The fourth-order valence-corrected chi connectivity index (χ4v) is 3.47. The molecule has 0 unspecified atom stereocenters. The third-order valence-electron chi connectivity index (χ3n) is 2.75. The molecule has 1 heterocycles. The van der Waals surface area contributed by atoms with Crippen LogP contribution in [-0.2, 0) is 14.8 Å². The summed E-state index contributed by atoms with van der Waals surface area (Å²) in [6.07, 6.45) is 3.90. The van der Waals surface area contributed by atoms with Crippen LogP contribution in [0.1, 0.15) is 38.5 Å². The van der Waals surface area contributed by atoms with Crippen molar-refractivity contribution >= 4 is 16.0 Å². The van der Waals surface area contributed by atoms with E-state index in [1.807, 2.05) is 0 Å². The minimum atomic E-state index is -3.14. The topological polar surface area (TPSA) is 74.7 Å². The molecule has 1 rings (SSSR count). The van der Waals surface area contributed by atoms with Crippen LogP contribution in [0.5, 0.6) is 0 Å². The van der Waals surface area contributed by atoms with Gasteiger partial charge in [0, 0.05) is 19.5 Å². The quantitative estimate of drug-likeness (QED) is 0.714. The van der Waals surface area contributed by atoms with Crippen molar-refractivity contribution in [3.63, 3.8) is 0 Å². The number of nitrogens with zero attached hydrogens (tertiary/aromatic N) is 1. The zero-order valence-electron chi connectivity index (χ0n) is 9.39. The van der Waals surface area contributed by atoms with Crippen molar-refractivity contribution in [2.75, 3.05) is 18.8 Å². The van der Waals surface area contributed by atoms with E-state index in [9.17, 15) is 13.2 Å². The lowest BCUT2D eigenvalue weighted by Crippen LogP contribution is -2.37. The van der Waals surface area contributed by atoms with E-state index in [1.54, 1.807) is 0 Å². The summed E-state index contributed by atoms with van der Waals surface area (Å²) in [7, 11) is -3.14. The van der Waals surface area contributed by atoms with Gasteiger partial charge in [-0.15, -0.1) is 0 Å². The SMILES string of the molecule is O=C(O)CCCCS(=O)(=O)N1CCCCC1. The fourth-order valence-electron chi connectivity index (χ4n) is 1.83. The molecule has 1 aliphatic heterocycles. The van der Waals surface area contributed by atoms with Crippen LogP contribution in [0, 0.1) is 0 Å². The molecule has 5 nitrogen and oxygen atoms in total. The Morgan fingerprint density at radius 2 is 1.75 bits per heavy atom. The number of unbranched alkanes of at least 4 members (excludes halogenated alkanes) is 1. The van der Waals surface area contributed by atoms with E-state index < -0.39 is 16.0 Å². The maximum Gasteiger partial charge on any atom is 0.303 e. The molecule has 0 aromatic rings. The first-order chi connectivity index (χ1) is 7.52.